The molecular formula is C17H14N4O6S. The SMILES string of the molecule is O=C(O)Cn1c(=O)c(C2=NS(O)(O)c3ccccc3N2)c(O)c2cccnc21. The number of anilines is 1. The maximum atomic E-state index is 13.0. The smallest absolute Gasteiger partial charge is 0.323 e. The molecule has 11 heteroatoms. The van der Waals surface area contributed by atoms with Crippen LogP contribution in [0.4, 0.5) is 5.69 Å². The van der Waals surface area contributed by atoms with Crippen molar-refractivity contribution in [2.45, 2.75) is 11.4 Å². The highest BCUT2D eigenvalue weighted by molar-refractivity contribution is 8.23. The zero-order valence-electron chi connectivity index (χ0n) is 14.1. The fraction of sp³-hybridized carbons (Fsp3) is 0.0588. The number of amidine groups is 1. The van der Waals surface area contributed by atoms with Gasteiger partial charge in [0.1, 0.15) is 28.4 Å². The largest absolute Gasteiger partial charge is 0.506 e. The Morgan fingerprint density at radius 2 is 1.93 bits per heavy atom. The first-order valence-electron chi connectivity index (χ1n) is 7.96. The normalized spacial score (nSPS) is 16.0. The van der Waals surface area contributed by atoms with Gasteiger partial charge in [0, 0.05) is 6.20 Å². The van der Waals surface area contributed by atoms with Crippen LogP contribution >= 0.6 is 10.8 Å². The van der Waals surface area contributed by atoms with Crippen molar-refractivity contribution in [2.24, 2.45) is 4.40 Å². The topological polar surface area (TPSA) is 157 Å². The summed E-state index contributed by atoms with van der Waals surface area (Å²) >= 11 is 0. The summed E-state index contributed by atoms with van der Waals surface area (Å²) in [4.78, 5) is 28.4. The summed E-state index contributed by atoms with van der Waals surface area (Å²) in [6.45, 7) is -0.695. The van der Waals surface area contributed by atoms with Crippen molar-refractivity contribution < 1.29 is 24.1 Å². The molecule has 0 unspecified atom stereocenters. The van der Waals surface area contributed by atoms with Gasteiger partial charge in [-0.05, 0) is 24.3 Å². The molecule has 144 valence electrons. The lowest BCUT2D eigenvalue weighted by Gasteiger charge is -2.34. The molecule has 0 saturated carbocycles. The first kappa shape index (κ1) is 18.0. The molecule has 0 fully saturated rings. The quantitative estimate of drug-likeness (QED) is 0.445. The molecule has 1 aliphatic rings. The number of aliphatic carboxylic acids is 1. The van der Waals surface area contributed by atoms with Crippen LogP contribution in [0.5, 0.6) is 5.75 Å². The third-order valence-electron chi connectivity index (χ3n) is 4.18. The van der Waals surface area contributed by atoms with E-state index in [9.17, 15) is 23.8 Å². The first-order chi connectivity index (χ1) is 13.3. The van der Waals surface area contributed by atoms with Crippen molar-refractivity contribution in [1.82, 2.24) is 9.55 Å². The average molecular weight is 402 g/mol. The molecule has 2 aromatic heterocycles. The van der Waals surface area contributed by atoms with Gasteiger partial charge in [-0.1, -0.05) is 22.9 Å². The van der Waals surface area contributed by atoms with Crippen LogP contribution in [0.15, 0.2) is 56.7 Å². The van der Waals surface area contributed by atoms with Crippen LogP contribution in [0, 0.1) is 0 Å². The number of aromatic nitrogens is 2. The van der Waals surface area contributed by atoms with E-state index >= 15 is 0 Å². The van der Waals surface area contributed by atoms with E-state index in [4.69, 9.17) is 5.11 Å². The van der Waals surface area contributed by atoms with E-state index in [1.165, 1.54) is 24.4 Å². The molecule has 0 atom stereocenters. The third kappa shape index (κ3) is 2.78. The van der Waals surface area contributed by atoms with E-state index < -0.39 is 34.6 Å². The maximum Gasteiger partial charge on any atom is 0.323 e. The number of carboxylic acid groups (broad SMARTS) is 1. The van der Waals surface area contributed by atoms with Crippen molar-refractivity contribution in [3.8, 4) is 5.75 Å². The zero-order chi connectivity index (χ0) is 20.1. The number of carbonyl (C=O) groups is 1. The predicted octanol–water partition coefficient (Wildman–Crippen LogP) is 2.08. The number of rotatable bonds is 3. The number of nitrogens with one attached hydrogen (secondary N) is 1. The van der Waals surface area contributed by atoms with E-state index in [-0.39, 0.29) is 27.3 Å². The first-order valence-corrected chi connectivity index (χ1v) is 9.47. The summed E-state index contributed by atoms with van der Waals surface area (Å²) in [5.74, 6) is -2.04. The van der Waals surface area contributed by atoms with Gasteiger partial charge in [0.25, 0.3) is 5.56 Å². The Bertz CT molecular complexity index is 1220. The molecule has 0 bridgehead atoms. The summed E-state index contributed by atoms with van der Waals surface area (Å²) in [6.07, 6.45) is 1.36. The minimum absolute atomic E-state index is 0.0143. The summed E-state index contributed by atoms with van der Waals surface area (Å²) in [6, 6.07) is 9.28. The Kier molecular flexibility index (Phi) is 4.07. The monoisotopic (exact) mass is 402 g/mol. The fourth-order valence-electron chi connectivity index (χ4n) is 3.00. The molecule has 10 nitrogen and oxygen atoms in total. The second kappa shape index (κ2) is 6.34. The van der Waals surface area contributed by atoms with Crippen LogP contribution < -0.4 is 10.9 Å². The molecule has 0 saturated heterocycles. The molecule has 0 amide bonds. The molecule has 5 N–H and O–H groups in total. The van der Waals surface area contributed by atoms with E-state index in [0.29, 0.717) is 5.69 Å². The van der Waals surface area contributed by atoms with Crippen LogP contribution in [0.2, 0.25) is 0 Å². The number of hydrogen-bond donors (Lipinski definition) is 5. The van der Waals surface area contributed by atoms with Crippen LogP contribution in [0.3, 0.4) is 0 Å². The molecule has 1 aliphatic heterocycles. The number of aromatic hydroxyl groups is 1. The highest BCUT2D eigenvalue weighted by atomic mass is 32.3. The minimum Gasteiger partial charge on any atom is -0.506 e. The van der Waals surface area contributed by atoms with E-state index in [1.54, 1.807) is 18.2 Å². The molecule has 0 aliphatic carbocycles. The van der Waals surface area contributed by atoms with Gasteiger partial charge < -0.3 is 15.5 Å². The Balaban J connectivity index is 2.01. The fourth-order valence-corrected chi connectivity index (χ4v) is 4.17. The molecule has 4 rings (SSSR count). The average Bonchev–Trinajstić information content (AvgIpc) is 2.65. The van der Waals surface area contributed by atoms with E-state index in [2.05, 4.69) is 14.7 Å². The lowest BCUT2D eigenvalue weighted by atomic mass is 10.1. The maximum absolute atomic E-state index is 13.0. The second-order valence-electron chi connectivity index (χ2n) is 5.96. The number of carboxylic acids is 1. The molecular weight excluding hydrogens is 388 g/mol. The summed E-state index contributed by atoms with van der Waals surface area (Å²) in [5.41, 5.74) is -0.968. The number of fused-ring (bicyclic) bond motifs is 2. The van der Waals surface area contributed by atoms with Gasteiger partial charge in [0.2, 0.25) is 0 Å². The summed E-state index contributed by atoms with van der Waals surface area (Å²) in [7, 11) is -3.63. The molecule has 3 heterocycles. The molecule has 1 aromatic carbocycles. The second-order valence-corrected chi connectivity index (χ2v) is 7.62. The third-order valence-corrected chi connectivity index (χ3v) is 5.56. The van der Waals surface area contributed by atoms with Crippen molar-refractivity contribution in [3.63, 3.8) is 0 Å². The van der Waals surface area contributed by atoms with Gasteiger partial charge in [-0.15, -0.1) is 4.40 Å². The highest BCUT2D eigenvalue weighted by Gasteiger charge is 2.30. The lowest BCUT2D eigenvalue weighted by Crippen LogP contribution is -2.33. The van der Waals surface area contributed by atoms with Crippen LogP contribution in [0.1, 0.15) is 5.56 Å². The van der Waals surface area contributed by atoms with Gasteiger partial charge in [0.05, 0.1) is 11.1 Å². The van der Waals surface area contributed by atoms with Gasteiger partial charge in [-0.2, -0.15) is 0 Å². The van der Waals surface area contributed by atoms with E-state index in [1.807, 2.05) is 0 Å². The van der Waals surface area contributed by atoms with Crippen LogP contribution in [-0.4, -0.2) is 40.7 Å². The Hall–Kier alpha value is -3.41. The number of benzene rings is 1. The van der Waals surface area contributed by atoms with Gasteiger partial charge in [-0.25, -0.2) is 4.98 Å². The van der Waals surface area contributed by atoms with Crippen molar-refractivity contribution in [3.05, 3.63) is 58.5 Å². The molecule has 0 radical (unpaired) electrons. The lowest BCUT2D eigenvalue weighted by molar-refractivity contribution is -0.137. The summed E-state index contributed by atoms with van der Waals surface area (Å²) in [5, 5.41) is 22.8. The van der Waals surface area contributed by atoms with E-state index in [0.717, 1.165) is 4.57 Å². The Labute approximate surface area is 158 Å². The minimum atomic E-state index is -3.63. The van der Waals surface area contributed by atoms with Crippen molar-refractivity contribution in [2.75, 3.05) is 5.32 Å². The molecule has 0 spiro atoms. The van der Waals surface area contributed by atoms with Gasteiger partial charge in [0.15, 0.2) is 5.84 Å². The Morgan fingerprint density at radius 3 is 2.68 bits per heavy atom. The summed E-state index contributed by atoms with van der Waals surface area (Å²) < 4.78 is 25.5. The number of para-hydroxylation sites is 1. The predicted molar refractivity (Wildman–Crippen MR) is 103 cm³/mol. The van der Waals surface area contributed by atoms with Crippen molar-refractivity contribution >= 4 is 39.3 Å². The zero-order valence-corrected chi connectivity index (χ0v) is 14.9. The number of pyridine rings is 2. The Morgan fingerprint density at radius 1 is 1.18 bits per heavy atom. The van der Waals surface area contributed by atoms with Crippen molar-refractivity contribution in [1.29, 1.82) is 0 Å². The highest BCUT2D eigenvalue weighted by Crippen LogP contribution is 2.55. The van der Waals surface area contributed by atoms with Crippen LogP contribution in [-0.2, 0) is 11.3 Å². The van der Waals surface area contributed by atoms with Gasteiger partial charge in [-0.3, -0.25) is 23.3 Å². The van der Waals surface area contributed by atoms with Gasteiger partial charge >= 0.3 is 5.97 Å². The van der Waals surface area contributed by atoms with Crippen LogP contribution in [0.25, 0.3) is 11.0 Å². The molecule has 28 heavy (non-hydrogen) atoms. The number of hydrogen-bond acceptors (Lipinski definition) is 8. The standard InChI is InChI=1S/C17H14N4O6S/c22-12(23)8-21-16-9(4-3-7-18-16)14(24)13(17(21)25)15-19-10-5-1-2-6-11(10)28(26,27)20-15/h1-7,24,26-27H,8H2,(H,19,20)(H,22,23). The molecule has 3 aromatic rings. The number of nitrogens with zero attached hydrogens (tertiary/aromatic N) is 3.